The topological polar surface area (TPSA) is 105 Å². The Bertz CT molecular complexity index is 1640. The third kappa shape index (κ3) is 4.85. The predicted molar refractivity (Wildman–Crippen MR) is 147 cm³/mol. The molecule has 6 rings (SSSR count). The molecule has 0 amide bonds. The van der Waals surface area contributed by atoms with Crippen molar-refractivity contribution < 1.29 is 4.52 Å². The Hall–Kier alpha value is -4.57. The van der Waals surface area contributed by atoms with Crippen LogP contribution in [0, 0.1) is 6.92 Å². The van der Waals surface area contributed by atoms with Crippen LogP contribution in [0.1, 0.15) is 11.4 Å². The molecule has 0 aliphatic carbocycles. The number of hydrogen-bond donors (Lipinski definition) is 1. The molecule has 0 atom stereocenters. The van der Waals surface area contributed by atoms with Gasteiger partial charge in [-0.25, -0.2) is 4.98 Å². The van der Waals surface area contributed by atoms with Crippen LogP contribution in [0.3, 0.4) is 0 Å². The van der Waals surface area contributed by atoms with Gasteiger partial charge in [0.05, 0.1) is 6.54 Å². The predicted octanol–water partition coefficient (Wildman–Crippen LogP) is 3.69. The molecule has 0 saturated carbocycles. The summed E-state index contributed by atoms with van der Waals surface area (Å²) < 4.78 is 7.03. The summed E-state index contributed by atoms with van der Waals surface area (Å²) in [5.41, 5.74) is 4.12. The van der Waals surface area contributed by atoms with Crippen LogP contribution in [0.4, 0.5) is 17.3 Å². The standard InChI is InChI=1S/C28H28N8O2/c1-19-30-27(38-33-19)24-6-4-3-5-21(24)18-36-25(37)12-7-20-17-29-28(32-26(20)36)31-22-8-10-23(11-9-22)35-15-13-34(2)14-16-35/h3-12,17H,13-16,18H2,1-2H3,(H,29,31,32). The molecule has 0 unspecified atom stereocenters. The van der Waals surface area contributed by atoms with Crippen molar-refractivity contribution in [1.82, 2.24) is 29.6 Å². The quantitative estimate of drug-likeness (QED) is 0.368. The van der Waals surface area contributed by atoms with Crippen molar-refractivity contribution in [3.05, 3.63) is 88.6 Å². The minimum absolute atomic E-state index is 0.157. The van der Waals surface area contributed by atoms with Crippen LogP contribution in [-0.4, -0.2) is 62.8 Å². The Balaban J connectivity index is 1.28. The molecule has 1 aliphatic rings. The number of hydrogen-bond acceptors (Lipinski definition) is 9. The van der Waals surface area contributed by atoms with E-state index in [2.05, 4.69) is 49.4 Å². The number of aryl methyl sites for hydroxylation is 1. The Morgan fingerprint density at radius 1 is 0.947 bits per heavy atom. The number of benzene rings is 2. The van der Waals surface area contributed by atoms with E-state index in [9.17, 15) is 4.79 Å². The van der Waals surface area contributed by atoms with Crippen LogP contribution < -0.4 is 15.8 Å². The van der Waals surface area contributed by atoms with Crippen molar-refractivity contribution in [2.24, 2.45) is 0 Å². The third-order valence-corrected chi connectivity index (χ3v) is 6.82. The van der Waals surface area contributed by atoms with E-state index < -0.39 is 0 Å². The van der Waals surface area contributed by atoms with Crippen molar-refractivity contribution in [2.75, 3.05) is 43.4 Å². The molecular formula is C28H28N8O2. The highest BCUT2D eigenvalue weighted by Gasteiger charge is 2.16. The lowest BCUT2D eigenvalue weighted by Crippen LogP contribution is -2.44. The highest BCUT2D eigenvalue weighted by Crippen LogP contribution is 2.24. The number of nitrogens with one attached hydrogen (secondary N) is 1. The molecule has 10 heteroatoms. The van der Waals surface area contributed by atoms with Gasteiger partial charge in [-0.05, 0) is 55.9 Å². The lowest BCUT2D eigenvalue weighted by molar-refractivity contribution is 0.313. The Morgan fingerprint density at radius 3 is 2.50 bits per heavy atom. The molecular weight excluding hydrogens is 480 g/mol. The zero-order valence-electron chi connectivity index (χ0n) is 21.3. The highest BCUT2D eigenvalue weighted by molar-refractivity contribution is 5.76. The molecule has 0 spiro atoms. The van der Waals surface area contributed by atoms with Crippen molar-refractivity contribution in [2.45, 2.75) is 13.5 Å². The van der Waals surface area contributed by atoms with Gasteiger partial charge in [0.1, 0.15) is 5.65 Å². The molecule has 38 heavy (non-hydrogen) atoms. The molecule has 192 valence electrons. The fourth-order valence-corrected chi connectivity index (χ4v) is 4.68. The van der Waals surface area contributed by atoms with Gasteiger partial charge in [-0.2, -0.15) is 9.97 Å². The van der Waals surface area contributed by atoms with Gasteiger partial charge >= 0.3 is 0 Å². The smallest absolute Gasteiger partial charge is 0.258 e. The van der Waals surface area contributed by atoms with Gasteiger partial charge in [-0.15, -0.1) is 0 Å². The summed E-state index contributed by atoms with van der Waals surface area (Å²) in [4.78, 5) is 31.3. The first-order valence-corrected chi connectivity index (χ1v) is 12.6. The van der Waals surface area contributed by atoms with E-state index in [1.807, 2.05) is 36.4 Å². The zero-order chi connectivity index (χ0) is 26.1. The number of likely N-dealkylation sites (N-methyl/N-ethyl adjacent to an activating group) is 1. The van der Waals surface area contributed by atoms with E-state index >= 15 is 0 Å². The number of piperazine rings is 1. The first-order valence-electron chi connectivity index (χ1n) is 12.6. The maximum Gasteiger partial charge on any atom is 0.258 e. The fourth-order valence-electron chi connectivity index (χ4n) is 4.68. The van der Waals surface area contributed by atoms with E-state index in [0.29, 0.717) is 29.9 Å². The van der Waals surface area contributed by atoms with Crippen LogP contribution in [0.2, 0.25) is 0 Å². The van der Waals surface area contributed by atoms with Gasteiger partial charge in [-0.3, -0.25) is 9.36 Å². The second-order valence-electron chi connectivity index (χ2n) is 9.50. The molecule has 5 aromatic rings. The molecule has 1 fully saturated rings. The Kier molecular flexibility index (Phi) is 6.30. The van der Waals surface area contributed by atoms with Crippen LogP contribution >= 0.6 is 0 Å². The van der Waals surface area contributed by atoms with Crippen molar-refractivity contribution in [3.8, 4) is 11.5 Å². The van der Waals surface area contributed by atoms with Gasteiger partial charge in [-0.1, -0.05) is 23.4 Å². The molecule has 3 aromatic heterocycles. The van der Waals surface area contributed by atoms with Gasteiger partial charge < -0.3 is 19.6 Å². The summed E-state index contributed by atoms with van der Waals surface area (Å²) in [6.07, 6.45) is 1.73. The largest absolute Gasteiger partial charge is 0.369 e. The SMILES string of the molecule is Cc1noc(-c2ccccc2Cn2c(=O)ccc3cnc(Nc4ccc(N5CCN(C)CC5)cc4)nc32)n1. The maximum atomic E-state index is 13.0. The summed E-state index contributed by atoms with van der Waals surface area (Å²) in [7, 11) is 2.15. The normalized spacial score (nSPS) is 14.2. The van der Waals surface area contributed by atoms with Gasteiger partial charge in [0, 0.05) is 60.8 Å². The Labute approximate surface area is 219 Å². The first kappa shape index (κ1) is 23.8. The lowest BCUT2D eigenvalue weighted by atomic mass is 10.1. The zero-order valence-corrected chi connectivity index (χ0v) is 21.3. The van der Waals surface area contributed by atoms with E-state index in [4.69, 9.17) is 9.51 Å². The highest BCUT2D eigenvalue weighted by atomic mass is 16.5. The summed E-state index contributed by atoms with van der Waals surface area (Å²) >= 11 is 0. The fraction of sp³-hybridized carbons (Fsp3) is 0.250. The lowest BCUT2D eigenvalue weighted by Gasteiger charge is -2.34. The van der Waals surface area contributed by atoms with Gasteiger partial charge in [0.2, 0.25) is 5.95 Å². The summed E-state index contributed by atoms with van der Waals surface area (Å²) in [6, 6.07) is 19.3. The minimum atomic E-state index is -0.157. The average molecular weight is 509 g/mol. The summed E-state index contributed by atoms with van der Waals surface area (Å²) in [5.74, 6) is 1.39. The van der Waals surface area contributed by atoms with Gasteiger partial charge in [0.25, 0.3) is 11.4 Å². The molecule has 2 aromatic carbocycles. The van der Waals surface area contributed by atoms with Crippen LogP contribution in [0.25, 0.3) is 22.5 Å². The summed E-state index contributed by atoms with van der Waals surface area (Å²) in [6.45, 7) is 6.23. The third-order valence-electron chi connectivity index (χ3n) is 6.82. The first-order chi connectivity index (χ1) is 18.5. The molecule has 10 nitrogen and oxygen atoms in total. The molecule has 1 aliphatic heterocycles. The minimum Gasteiger partial charge on any atom is -0.369 e. The monoisotopic (exact) mass is 508 g/mol. The average Bonchev–Trinajstić information content (AvgIpc) is 3.37. The number of pyridine rings is 1. The molecule has 4 heterocycles. The number of fused-ring (bicyclic) bond motifs is 1. The second kappa shape index (κ2) is 10.1. The van der Waals surface area contributed by atoms with Gasteiger partial charge in [0.15, 0.2) is 5.82 Å². The maximum absolute atomic E-state index is 13.0. The number of anilines is 3. The number of rotatable bonds is 6. The van der Waals surface area contributed by atoms with Crippen LogP contribution in [-0.2, 0) is 6.54 Å². The van der Waals surface area contributed by atoms with Crippen LogP contribution in [0.5, 0.6) is 0 Å². The molecule has 1 N–H and O–H groups in total. The van der Waals surface area contributed by atoms with E-state index in [1.165, 1.54) is 11.8 Å². The van der Waals surface area contributed by atoms with E-state index in [1.54, 1.807) is 23.8 Å². The molecule has 0 bridgehead atoms. The van der Waals surface area contributed by atoms with Crippen molar-refractivity contribution >= 4 is 28.4 Å². The summed E-state index contributed by atoms with van der Waals surface area (Å²) in [5, 5.41) is 7.96. The van der Waals surface area contributed by atoms with Crippen LogP contribution in [0.15, 0.2) is 76.2 Å². The second-order valence-corrected chi connectivity index (χ2v) is 9.50. The number of nitrogens with zero attached hydrogens (tertiary/aromatic N) is 7. The van der Waals surface area contributed by atoms with E-state index in [-0.39, 0.29) is 5.56 Å². The molecule has 1 saturated heterocycles. The van der Waals surface area contributed by atoms with E-state index in [0.717, 1.165) is 48.4 Å². The van der Waals surface area contributed by atoms with Crippen molar-refractivity contribution in [1.29, 1.82) is 0 Å². The molecule has 0 radical (unpaired) electrons. The van der Waals surface area contributed by atoms with Crippen molar-refractivity contribution in [3.63, 3.8) is 0 Å². The number of aromatic nitrogens is 5. The Morgan fingerprint density at radius 2 is 1.74 bits per heavy atom.